The van der Waals surface area contributed by atoms with E-state index in [4.69, 9.17) is 4.42 Å². The predicted octanol–water partition coefficient (Wildman–Crippen LogP) is 4.25. The van der Waals surface area contributed by atoms with Gasteiger partial charge < -0.3 is 9.73 Å². The molecule has 146 valence electrons. The van der Waals surface area contributed by atoms with Crippen molar-refractivity contribution in [2.75, 3.05) is 19.6 Å². The van der Waals surface area contributed by atoms with Gasteiger partial charge in [0.25, 0.3) is 5.91 Å². The van der Waals surface area contributed by atoms with Crippen LogP contribution in [0.3, 0.4) is 0 Å². The van der Waals surface area contributed by atoms with Crippen LogP contribution in [0, 0.1) is 12.8 Å². The second-order valence-electron chi connectivity index (χ2n) is 6.99. The summed E-state index contributed by atoms with van der Waals surface area (Å²) in [7, 11) is 0. The third-order valence-electron chi connectivity index (χ3n) is 4.91. The Balaban J connectivity index is 1.48. The first-order valence-electron chi connectivity index (χ1n) is 9.05. The molecule has 2 aromatic rings. The molecule has 1 saturated heterocycles. The van der Waals surface area contributed by atoms with Crippen molar-refractivity contribution in [1.82, 2.24) is 10.2 Å². The molecule has 27 heavy (non-hydrogen) atoms. The topological polar surface area (TPSA) is 45.5 Å². The highest BCUT2D eigenvalue weighted by molar-refractivity contribution is 5.95. The first kappa shape index (κ1) is 19.5. The highest BCUT2D eigenvalue weighted by Gasteiger charge is 2.34. The van der Waals surface area contributed by atoms with Gasteiger partial charge in [-0.25, -0.2) is 0 Å². The van der Waals surface area contributed by atoms with Gasteiger partial charge >= 0.3 is 6.18 Å². The van der Waals surface area contributed by atoms with Crippen molar-refractivity contribution in [1.29, 1.82) is 0 Å². The number of carbonyl (C=O) groups excluding carboxylic acids is 1. The van der Waals surface area contributed by atoms with Crippen molar-refractivity contribution in [3.8, 4) is 0 Å². The fourth-order valence-electron chi connectivity index (χ4n) is 3.40. The van der Waals surface area contributed by atoms with Crippen LogP contribution in [0.25, 0.3) is 0 Å². The Kier molecular flexibility index (Phi) is 5.89. The van der Waals surface area contributed by atoms with Gasteiger partial charge in [-0.1, -0.05) is 12.1 Å². The Labute approximate surface area is 156 Å². The van der Waals surface area contributed by atoms with E-state index in [9.17, 15) is 18.0 Å². The van der Waals surface area contributed by atoms with Crippen LogP contribution in [0.5, 0.6) is 0 Å². The summed E-state index contributed by atoms with van der Waals surface area (Å²) in [6.45, 7) is 4.80. The number of alkyl halides is 3. The van der Waals surface area contributed by atoms with Crippen LogP contribution in [0.1, 0.15) is 40.3 Å². The molecule has 0 atom stereocenters. The van der Waals surface area contributed by atoms with Gasteiger partial charge in [0.05, 0.1) is 17.7 Å². The minimum absolute atomic E-state index is 0.265. The zero-order valence-corrected chi connectivity index (χ0v) is 15.2. The molecule has 4 nitrogen and oxygen atoms in total. The van der Waals surface area contributed by atoms with Crippen LogP contribution in [0.2, 0.25) is 0 Å². The number of likely N-dealkylation sites (tertiary alicyclic amines) is 1. The van der Waals surface area contributed by atoms with Gasteiger partial charge in [-0.3, -0.25) is 9.69 Å². The molecule has 0 radical (unpaired) electrons. The molecule has 7 heteroatoms. The summed E-state index contributed by atoms with van der Waals surface area (Å²) < 4.78 is 44.7. The molecule has 0 spiro atoms. The van der Waals surface area contributed by atoms with Crippen molar-refractivity contribution in [3.63, 3.8) is 0 Å². The van der Waals surface area contributed by atoms with E-state index in [2.05, 4.69) is 10.2 Å². The molecule has 2 heterocycles. The van der Waals surface area contributed by atoms with Gasteiger partial charge in [-0.05, 0) is 63.0 Å². The van der Waals surface area contributed by atoms with E-state index in [1.54, 1.807) is 0 Å². The molecule has 3 rings (SSSR count). The Morgan fingerprint density at radius 3 is 2.52 bits per heavy atom. The average Bonchev–Trinajstić information content (AvgIpc) is 3.05. The molecule has 0 saturated carbocycles. The van der Waals surface area contributed by atoms with Crippen molar-refractivity contribution >= 4 is 5.91 Å². The van der Waals surface area contributed by atoms with Crippen molar-refractivity contribution < 1.29 is 22.4 Å². The minimum atomic E-state index is -4.54. The van der Waals surface area contributed by atoms with Crippen molar-refractivity contribution in [2.24, 2.45) is 5.92 Å². The van der Waals surface area contributed by atoms with Crippen molar-refractivity contribution in [2.45, 2.75) is 32.5 Å². The van der Waals surface area contributed by atoms with E-state index in [0.717, 1.165) is 50.1 Å². The third kappa shape index (κ3) is 5.13. The number of hydrogen-bond acceptors (Lipinski definition) is 3. The maximum absolute atomic E-state index is 13.0. The second kappa shape index (κ2) is 8.17. The number of piperidine rings is 1. The number of benzene rings is 1. The van der Waals surface area contributed by atoms with E-state index in [1.807, 2.05) is 19.1 Å². The van der Waals surface area contributed by atoms with Crippen molar-refractivity contribution in [3.05, 3.63) is 59.0 Å². The summed E-state index contributed by atoms with van der Waals surface area (Å²) in [4.78, 5) is 14.5. The molecule has 1 N–H and O–H groups in total. The molecule has 0 bridgehead atoms. The number of hydrogen-bond donors (Lipinski definition) is 1. The quantitative estimate of drug-likeness (QED) is 0.844. The molecule has 1 aliphatic rings. The van der Waals surface area contributed by atoms with Crippen LogP contribution < -0.4 is 5.32 Å². The molecule has 1 aromatic carbocycles. The second-order valence-corrected chi connectivity index (χ2v) is 6.99. The molecule has 1 amide bonds. The van der Waals surface area contributed by atoms with Gasteiger partial charge in [0.15, 0.2) is 0 Å². The number of carbonyl (C=O) groups is 1. The van der Waals surface area contributed by atoms with Gasteiger partial charge in [0.1, 0.15) is 11.5 Å². The highest BCUT2D eigenvalue weighted by Crippen LogP contribution is 2.31. The average molecular weight is 380 g/mol. The normalized spacial score (nSPS) is 16.4. The standard InChI is InChI=1S/C20H23F3N2O2/c1-14-6-7-16(27-14)13-25-10-8-15(9-11-25)12-24-19(26)17-4-2-3-5-18(17)20(21,22)23/h2-7,15H,8-13H2,1H3,(H,24,26). The predicted molar refractivity (Wildman–Crippen MR) is 95.2 cm³/mol. The largest absolute Gasteiger partial charge is 0.465 e. The summed E-state index contributed by atoms with van der Waals surface area (Å²) in [5, 5.41) is 2.67. The SMILES string of the molecule is Cc1ccc(CN2CCC(CNC(=O)c3ccccc3C(F)(F)F)CC2)o1. The van der Waals surface area contributed by atoms with Crippen LogP contribution in [-0.4, -0.2) is 30.4 Å². The van der Waals surface area contributed by atoms with Gasteiger partial charge in [-0.15, -0.1) is 0 Å². The molecular weight excluding hydrogens is 357 g/mol. The Bertz CT molecular complexity index is 778. The van der Waals surface area contributed by atoms with E-state index in [0.29, 0.717) is 6.54 Å². The first-order chi connectivity index (χ1) is 12.8. The maximum Gasteiger partial charge on any atom is 0.417 e. The summed E-state index contributed by atoms with van der Waals surface area (Å²) in [6, 6.07) is 8.79. The number of nitrogens with one attached hydrogen (secondary N) is 1. The maximum atomic E-state index is 13.0. The number of halogens is 3. The summed E-state index contributed by atoms with van der Waals surface area (Å²) >= 11 is 0. The lowest BCUT2D eigenvalue weighted by molar-refractivity contribution is -0.137. The molecule has 1 aliphatic heterocycles. The Morgan fingerprint density at radius 2 is 1.89 bits per heavy atom. The number of furan rings is 1. The number of aryl methyl sites for hydroxylation is 1. The monoisotopic (exact) mass is 380 g/mol. The molecule has 1 fully saturated rings. The van der Waals surface area contributed by atoms with Crippen LogP contribution in [-0.2, 0) is 12.7 Å². The zero-order valence-electron chi connectivity index (χ0n) is 15.2. The highest BCUT2D eigenvalue weighted by atomic mass is 19.4. The lowest BCUT2D eigenvalue weighted by atomic mass is 9.96. The molecule has 0 unspecified atom stereocenters. The summed E-state index contributed by atoms with van der Waals surface area (Å²) in [5.41, 5.74) is -1.22. The summed E-state index contributed by atoms with van der Waals surface area (Å²) in [5.74, 6) is 1.42. The summed E-state index contributed by atoms with van der Waals surface area (Å²) in [6.07, 6.45) is -2.76. The van der Waals surface area contributed by atoms with Crippen LogP contribution in [0.15, 0.2) is 40.8 Å². The van der Waals surface area contributed by atoms with Gasteiger partial charge in [0, 0.05) is 6.54 Å². The van der Waals surface area contributed by atoms with Gasteiger partial charge in [0.2, 0.25) is 0 Å². The molecule has 0 aliphatic carbocycles. The number of rotatable bonds is 5. The minimum Gasteiger partial charge on any atom is -0.465 e. The fourth-order valence-corrected chi connectivity index (χ4v) is 3.40. The van der Waals surface area contributed by atoms with Crippen LogP contribution >= 0.6 is 0 Å². The van der Waals surface area contributed by atoms with Crippen LogP contribution in [0.4, 0.5) is 13.2 Å². The zero-order chi connectivity index (χ0) is 19.4. The third-order valence-corrected chi connectivity index (χ3v) is 4.91. The van der Waals surface area contributed by atoms with Gasteiger partial charge in [-0.2, -0.15) is 13.2 Å². The molecular formula is C20H23F3N2O2. The molecule has 1 aromatic heterocycles. The lowest BCUT2D eigenvalue weighted by Crippen LogP contribution is -2.38. The number of nitrogens with zero attached hydrogens (tertiary/aromatic N) is 1. The van der Waals surface area contributed by atoms with E-state index in [1.165, 1.54) is 18.2 Å². The number of amides is 1. The van der Waals surface area contributed by atoms with E-state index < -0.39 is 17.6 Å². The fraction of sp³-hybridized carbons (Fsp3) is 0.450. The van der Waals surface area contributed by atoms with E-state index in [-0.39, 0.29) is 11.5 Å². The van der Waals surface area contributed by atoms with E-state index >= 15 is 0 Å². The Hall–Kier alpha value is -2.28. The Morgan fingerprint density at radius 1 is 1.19 bits per heavy atom. The lowest BCUT2D eigenvalue weighted by Gasteiger charge is -2.31. The smallest absolute Gasteiger partial charge is 0.417 e. The first-order valence-corrected chi connectivity index (χ1v) is 9.05.